The molecular weight excluding hydrogens is 252 g/mol. The van der Waals surface area contributed by atoms with Crippen molar-refractivity contribution in [2.45, 2.75) is 19.9 Å². The normalized spacial score (nSPS) is 11.8. The molecule has 0 bridgehead atoms. The molecule has 1 N–H and O–H groups in total. The number of rotatable bonds is 6. The molecule has 0 aliphatic carbocycles. The second-order valence-electron chi connectivity index (χ2n) is 4.11. The minimum atomic E-state index is -3.41. The fourth-order valence-electron chi connectivity index (χ4n) is 1.49. The third-order valence-electron chi connectivity index (χ3n) is 2.68. The van der Waals surface area contributed by atoms with Gasteiger partial charge in [0, 0.05) is 26.2 Å². The topological polar surface area (TPSA) is 58.6 Å². The summed E-state index contributed by atoms with van der Waals surface area (Å²) in [6, 6.07) is 5.79. The molecule has 0 atom stereocenters. The van der Waals surface area contributed by atoms with Crippen LogP contribution in [-0.2, 0) is 23.2 Å². The summed E-state index contributed by atoms with van der Waals surface area (Å²) in [5, 5.41) is 0. The summed E-state index contributed by atoms with van der Waals surface area (Å²) in [5.41, 5.74) is 1.98. The van der Waals surface area contributed by atoms with Crippen molar-refractivity contribution in [3.8, 4) is 5.75 Å². The van der Waals surface area contributed by atoms with Gasteiger partial charge in [0.05, 0.1) is 7.11 Å². The van der Waals surface area contributed by atoms with Crippen LogP contribution >= 0.6 is 0 Å². The van der Waals surface area contributed by atoms with E-state index < -0.39 is 10.2 Å². The highest BCUT2D eigenvalue weighted by Gasteiger charge is 2.14. The van der Waals surface area contributed by atoms with Gasteiger partial charge in [-0.1, -0.05) is 19.1 Å². The second-order valence-corrected chi connectivity index (χ2v) is 6.08. The van der Waals surface area contributed by atoms with Gasteiger partial charge in [-0.25, -0.2) is 0 Å². The zero-order valence-corrected chi connectivity index (χ0v) is 12.0. The first-order chi connectivity index (χ1) is 8.40. The van der Waals surface area contributed by atoms with E-state index in [-0.39, 0.29) is 6.54 Å². The van der Waals surface area contributed by atoms with E-state index in [1.54, 1.807) is 7.11 Å². The van der Waals surface area contributed by atoms with E-state index in [4.69, 9.17) is 4.74 Å². The Balaban J connectivity index is 2.89. The molecule has 0 spiro atoms. The number of benzene rings is 1. The third kappa shape index (κ3) is 3.69. The Morgan fingerprint density at radius 2 is 2.00 bits per heavy atom. The standard InChI is InChI=1S/C12H20N2O3S/c1-5-10-6-7-12(17-4)11(8-10)9-13-18(15,16)14(2)3/h6-8,13H,5,9H2,1-4H3. The van der Waals surface area contributed by atoms with Gasteiger partial charge in [-0.15, -0.1) is 0 Å². The molecule has 0 amide bonds. The summed E-state index contributed by atoms with van der Waals surface area (Å²) in [4.78, 5) is 0. The lowest BCUT2D eigenvalue weighted by Gasteiger charge is -2.14. The van der Waals surface area contributed by atoms with Crippen molar-refractivity contribution in [1.29, 1.82) is 0 Å². The molecule has 0 aromatic heterocycles. The minimum Gasteiger partial charge on any atom is -0.496 e. The SMILES string of the molecule is CCc1ccc(OC)c(CNS(=O)(=O)N(C)C)c1. The average Bonchev–Trinajstić information content (AvgIpc) is 2.35. The van der Waals surface area contributed by atoms with E-state index in [0.29, 0.717) is 5.75 Å². The number of ether oxygens (including phenoxy) is 1. The molecule has 0 radical (unpaired) electrons. The minimum absolute atomic E-state index is 0.220. The lowest BCUT2D eigenvalue weighted by molar-refractivity contribution is 0.408. The van der Waals surface area contributed by atoms with E-state index in [1.165, 1.54) is 14.1 Å². The van der Waals surface area contributed by atoms with Gasteiger partial charge in [0.25, 0.3) is 10.2 Å². The maximum atomic E-state index is 11.6. The summed E-state index contributed by atoms with van der Waals surface area (Å²) < 4.78 is 32.1. The molecule has 0 aliphatic heterocycles. The van der Waals surface area contributed by atoms with Crippen LogP contribution in [0.2, 0.25) is 0 Å². The molecule has 102 valence electrons. The number of methoxy groups -OCH3 is 1. The van der Waals surface area contributed by atoms with Crippen LogP contribution in [0.4, 0.5) is 0 Å². The van der Waals surface area contributed by atoms with E-state index in [2.05, 4.69) is 11.6 Å². The fourth-order valence-corrected chi connectivity index (χ4v) is 2.08. The molecule has 0 saturated carbocycles. The van der Waals surface area contributed by atoms with E-state index in [9.17, 15) is 8.42 Å². The van der Waals surface area contributed by atoms with Gasteiger partial charge in [0.1, 0.15) is 5.75 Å². The highest BCUT2D eigenvalue weighted by molar-refractivity contribution is 7.87. The third-order valence-corrected chi connectivity index (χ3v) is 4.15. The number of nitrogens with zero attached hydrogens (tertiary/aromatic N) is 1. The van der Waals surface area contributed by atoms with Crippen LogP contribution in [0.3, 0.4) is 0 Å². The number of hydrogen-bond acceptors (Lipinski definition) is 3. The summed E-state index contributed by atoms with van der Waals surface area (Å²) in [6.45, 7) is 2.27. The Hall–Kier alpha value is -1.11. The Labute approximate surface area is 109 Å². The Morgan fingerprint density at radius 1 is 1.33 bits per heavy atom. The van der Waals surface area contributed by atoms with Gasteiger partial charge in [-0.2, -0.15) is 17.4 Å². The molecule has 5 nitrogen and oxygen atoms in total. The molecule has 0 heterocycles. The zero-order valence-electron chi connectivity index (χ0n) is 11.2. The lowest BCUT2D eigenvalue weighted by Crippen LogP contribution is -2.35. The Morgan fingerprint density at radius 3 is 2.50 bits per heavy atom. The predicted octanol–water partition coefficient (Wildman–Crippen LogP) is 1.15. The molecule has 0 saturated heterocycles. The van der Waals surface area contributed by atoms with Crippen molar-refractivity contribution in [2.75, 3.05) is 21.2 Å². The maximum Gasteiger partial charge on any atom is 0.279 e. The summed E-state index contributed by atoms with van der Waals surface area (Å²) in [5.74, 6) is 0.689. The molecule has 6 heteroatoms. The Bertz CT molecular complexity index is 498. The zero-order chi connectivity index (χ0) is 13.8. The maximum absolute atomic E-state index is 11.6. The van der Waals surface area contributed by atoms with Gasteiger partial charge < -0.3 is 4.74 Å². The fraction of sp³-hybridized carbons (Fsp3) is 0.500. The highest BCUT2D eigenvalue weighted by atomic mass is 32.2. The second kappa shape index (κ2) is 6.17. The van der Waals surface area contributed by atoms with Crippen molar-refractivity contribution >= 4 is 10.2 Å². The lowest BCUT2D eigenvalue weighted by atomic mass is 10.1. The first-order valence-corrected chi connectivity index (χ1v) is 7.17. The molecule has 1 aromatic rings. The van der Waals surface area contributed by atoms with Crippen LogP contribution in [0.5, 0.6) is 5.75 Å². The molecular formula is C12H20N2O3S. The van der Waals surface area contributed by atoms with Crippen molar-refractivity contribution in [3.05, 3.63) is 29.3 Å². The van der Waals surface area contributed by atoms with Gasteiger partial charge in [0.2, 0.25) is 0 Å². The molecule has 0 unspecified atom stereocenters. The first-order valence-electron chi connectivity index (χ1n) is 5.73. The quantitative estimate of drug-likeness (QED) is 0.845. The van der Waals surface area contributed by atoms with Crippen LogP contribution in [0.1, 0.15) is 18.1 Å². The van der Waals surface area contributed by atoms with E-state index >= 15 is 0 Å². The molecule has 18 heavy (non-hydrogen) atoms. The largest absolute Gasteiger partial charge is 0.496 e. The van der Waals surface area contributed by atoms with Gasteiger partial charge in [-0.05, 0) is 18.1 Å². The average molecular weight is 272 g/mol. The summed E-state index contributed by atoms with van der Waals surface area (Å²) in [6.07, 6.45) is 0.900. The van der Waals surface area contributed by atoms with Crippen molar-refractivity contribution in [1.82, 2.24) is 9.03 Å². The summed E-state index contributed by atoms with van der Waals surface area (Å²) >= 11 is 0. The summed E-state index contributed by atoms with van der Waals surface area (Å²) in [7, 11) is 1.14. The molecule has 0 fully saturated rings. The molecule has 1 aromatic carbocycles. The predicted molar refractivity (Wildman–Crippen MR) is 71.8 cm³/mol. The van der Waals surface area contributed by atoms with Crippen molar-refractivity contribution in [2.24, 2.45) is 0 Å². The van der Waals surface area contributed by atoms with Crippen molar-refractivity contribution in [3.63, 3.8) is 0 Å². The molecule has 1 rings (SSSR count). The van der Waals surface area contributed by atoms with E-state index in [1.807, 2.05) is 18.2 Å². The smallest absolute Gasteiger partial charge is 0.279 e. The van der Waals surface area contributed by atoms with Crippen molar-refractivity contribution < 1.29 is 13.2 Å². The highest BCUT2D eigenvalue weighted by Crippen LogP contribution is 2.20. The first kappa shape index (κ1) is 14.9. The van der Waals surface area contributed by atoms with Crippen LogP contribution in [-0.4, -0.2) is 33.9 Å². The molecule has 0 aliphatic rings. The van der Waals surface area contributed by atoms with Crippen LogP contribution in [0.25, 0.3) is 0 Å². The monoisotopic (exact) mass is 272 g/mol. The number of aryl methyl sites for hydroxylation is 1. The Kier molecular flexibility index (Phi) is 5.13. The van der Waals surface area contributed by atoms with Gasteiger partial charge >= 0.3 is 0 Å². The van der Waals surface area contributed by atoms with Crippen LogP contribution in [0, 0.1) is 0 Å². The number of hydrogen-bond donors (Lipinski definition) is 1. The van der Waals surface area contributed by atoms with Crippen LogP contribution < -0.4 is 9.46 Å². The van der Waals surface area contributed by atoms with E-state index in [0.717, 1.165) is 21.9 Å². The number of nitrogens with one attached hydrogen (secondary N) is 1. The van der Waals surface area contributed by atoms with Crippen LogP contribution in [0.15, 0.2) is 18.2 Å². The van der Waals surface area contributed by atoms with Gasteiger partial charge in [-0.3, -0.25) is 0 Å². The van der Waals surface area contributed by atoms with Gasteiger partial charge in [0.15, 0.2) is 0 Å².